The third-order valence-corrected chi connectivity index (χ3v) is 8.42. The predicted octanol–water partition coefficient (Wildman–Crippen LogP) is 5.75. The number of sulfonamides is 1. The van der Waals surface area contributed by atoms with E-state index in [4.69, 9.17) is 11.6 Å². The molecule has 0 saturated carbocycles. The van der Waals surface area contributed by atoms with E-state index >= 15 is 0 Å². The molecule has 0 saturated heterocycles. The molecule has 2 amide bonds. The zero-order valence-corrected chi connectivity index (χ0v) is 25.8. The van der Waals surface area contributed by atoms with Crippen molar-refractivity contribution in [2.75, 3.05) is 17.1 Å². The summed E-state index contributed by atoms with van der Waals surface area (Å²) in [4.78, 5) is 29.1. The van der Waals surface area contributed by atoms with Crippen molar-refractivity contribution in [2.24, 2.45) is 0 Å². The van der Waals surface area contributed by atoms with Crippen molar-refractivity contribution in [3.8, 4) is 0 Å². The van der Waals surface area contributed by atoms with Gasteiger partial charge in [-0.05, 0) is 62.1 Å². The summed E-state index contributed by atoms with van der Waals surface area (Å²) in [5.41, 5.74) is 3.31. The standard InChI is InChI=1S/C32H40ClN3O4S/c1-5-25(3)34-32(38)30(22-26-11-7-6-8-12-26)35(23-27-13-9-14-28(33)21-27)31(37)15-10-20-36(41(4,39)40)29-18-16-24(2)17-19-29/h6-9,11-14,16-19,21,25,30H,5,10,15,20,22-23H2,1-4H3,(H,34,38). The first-order valence-electron chi connectivity index (χ1n) is 13.9. The smallest absolute Gasteiger partial charge is 0.243 e. The quantitative estimate of drug-likeness (QED) is 0.256. The van der Waals surface area contributed by atoms with E-state index in [2.05, 4.69) is 5.32 Å². The van der Waals surface area contributed by atoms with E-state index in [0.717, 1.165) is 29.4 Å². The van der Waals surface area contributed by atoms with Gasteiger partial charge in [-0.1, -0.05) is 78.7 Å². The van der Waals surface area contributed by atoms with Crippen LogP contribution in [0, 0.1) is 6.92 Å². The molecule has 3 aromatic carbocycles. The maximum atomic E-state index is 13.9. The van der Waals surface area contributed by atoms with E-state index in [0.29, 0.717) is 17.1 Å². The molecule has 0 bridgehead atoms. The minimum Gasteiger partial charge on any atom is -0.352 e. The number of carbonyl (C=O) groups excluding carboxylic acids is 2. The zero-order chi connectivity index (χ0) is 30.0. The van der Waals surface area contributed by atoms with Gasteiger partial charge in [0, 0.05) is 37.0 Å². The summed E-state index contributed by atoms with van der Waals surface area (Å²) in [6, 6.07) is 23.3. The number of carbonyl (C=O) groups is 2. The Labute approximate surface area is 249 Å². The molecule has 220 valence electrons. The highest BCUT2D eigenvalue weighted by Crippen LogP contribution is 2.21. The summed E-state index contributed by atoms with van der Waals surface area (Å²) in [6.45, 7) is 6.20. The molecule has 0 spiro atoms. The second kappa shape index (κ2) is 15.0. The summed E-state index contributed by atoms with van der Waals surface area (Å²) in [7, 11) is -3.56. The van der Waals surface area contributed by atoms with Crippen LogP contribution in [-0.4, -0.2) is 50.0 Å². The van der Waals surface area contributed by atoms with Crippen molar-refractivity contribution in [1.29, 1.82) is 0 Å². The number of aryl methyl sites for hydroxylation is 1. The molecule has 1 N–H and O–H groups in total. The van der Waals surface area contributed by atoms with Crippen molar-refractivity contribution >= 4 is 39.1 Å². The maximum absolute atomic E-state index is 13.9. The number of rotatable bonds is 14. The van der Waals surface area contributed by atoms with Crippen LogP contribution >= 0.6 is 11.6 Å². The highest BCUT2D eigenvalue weighted by Gasteiger charge is 2.31. The fraction of sp³-hybridized carbons (Fsp3) is 0.375. The largest absolute Gasteiger partial charge is 0.352 e. The summed E-state index contributed by atoms with van der Waals surface area (Å²) < 4.78 is 26.5. The molecule has 0 aromatic heterocycles. The Balaban J connectivity index is 1.89. The first-order chi connectivity index (χ1) is 19.5. The number of nitrogens with zero attached hydrogens (tertiary/aromatic N) is 2. The lowest BCUT2D eigenvalue weighted by atomic mass is 10.0. The highest BCUT2D eigenvalue weighted by molar-refractivity contribution is 7.92. The molecule has 2 atom stereocenters. The van der Waals surface area contributed by atoms with Gasteiger partial charge in [-0.25, -0.2) is 8.42 Å². The Kier molecular flexibility index (Phi) is 11.8. The number of anilines is 1. The number of hydrogen-bond donors (Lipinski definition) is 1. The second-order valence-electron chi connectivity index (χ2n) is 10.4. The van der Waals surface area contributed by atoms with Crippen LogP contribution in [0.2, 0.25) is 5.02 Å². The molecule has 0 heterocycles. The normalized spacial score (nSPS) is 12.8. The number of halogens is 1. The van der Waals surface area contributed by atoms with Crippen molar-refractivity contribution in [3.63, 3.8) is 0 Å². The van der Waals surface area contributed by atoms with Gasteiger partial charge in [0.2, 0.25) is 21.8 Å². The van der Waals surface area contributed by atoms with Crippen LogP contribution in [0.1, 0.15) is 49.8 Å². The lowest BCUT2D eigenvalue weighted by molar-refractivity contribution is -0.141. The molecule has 9 heteroatoms. The van der Waals surface area contributed by atoms with Gasteiger partial charge in [0.1, 0.15) is 6.04 Å². The molecular formula is C32H40ClN3O4S. The molecule has 3 aromatic rings. The van der Waals surface area contributed by atoms with E-state index in [9.17, 15) is 18.0 Å². The Hall–Kier alpha value is -3.36. The molecule has 7 nitrogen and oxygen atoms in total. The third-order valence-electron chi connectivity index (χ3n) is 6.99. The minimum absolute atomic E-state index is 0.0540. The minimum atomic E-state index is -3.56. The van der Waals surface area contributed by atoms with Crippen LogP contribution in [0.3, 0.4) is 0 Å². The van der Waals surface area contributed by atoms with Gasteiger partial charge in [0.05, 0.1) is 11.9 Å². The molecule has 0 radical (unpaired) electrons. The summed E-state index contributed by atoms with van der Waals surface area (Å²) in [5, 5.41) is 3.60. The van der Waals surface area contributed by atoms with Gasteiger partial charge < -0.3 is 10.2 Å². The van der Waals surface area contributed by atoms with E-state index in [1.165, 1.54) is 4.31 Å². The van der Waals surface area contributed by atoms with Crippen LogP contribution in [0.5, 0.6) is 0 Å². The van der Waals surface area contributed by atoms with Crippen molar-refractivity contribution in [1.82, 2.24) is 10.2 Å². The van der Waals surface area contributed by atoms with Gasteiger partial charge in [0.25, 0.3) is 0 Å². The predicted molar refractivity (Wildman–Crippen MR) is 166 cm³/mol. The Morgan fingerprint density at radius 1 is 0.951 bits per heavy atom. The lowest BCUT2D eigenvalue weighted by Gasteiger charge is -2.32. The molecule has 41 heavy (non-hydrogen) atoms. The second-order valence-corrected chi connectivity index (χ2v) is 12.8. The van der Waals surface area contributed by atoms with E-state index in [1.807, 2.05) is 75.4 Å². The van der Waals surface area contributed by atoms with Crippen LogP contribution in [0.25, 0.3) is 0 Å². The van der Waals surface area contributed by atoms with Crippen LogP contribution in [0.15, 0.2) is 78.9 Å². The Morgan fingerprint density at radius 3 is 2.22 bits per heavy atom. The van der Waals surface area contributed by atoms with Gasteiger partial charge in [-0.3, -0.25) is 13.9 Å². The topological polar surface area (TPSA) is 86.8 Å². The Bertz CT molecular complexity index is 1400. The first-order valence-corrected chi connectivity index (χ1v) is 16.1. The van der Waals surface area contributed by atoms with Gasteiger partial charge in [-0.15, -0.1) is 0 Å². The number of amides is 2. The summed E-state index contributed by atoms with van der Waals surface area (Å²) in [6.07, 6.45) is 2.62. The first kappa shape index (κ1) is 32.2. The number of hydrogen-bond acceptors (Lipinski definition) is 4. The van der Waals surface area contributed by atoms with Gasteiger partial charge in [0.15, 0.2) is 0 Å². The van der Waals surface area contributed by atoms with Gasteiger partial charge >= 0.3 is 0 Å². The van der Waals surface area contributed by atoms with Crippen LogP contribution in [0.4, 0.5) is 5.69 Å². The average molecular weight is 598 g/mol. The number of nitrogens with one attached hydrogen (secondary N) is 1. The molecule has 0 aliphatic carbocycles. The van der Waals surface area contributed by atoms with Crippen LogP contribution in [-0.2, 0) is 32.6 Å². The SMILES string of the molecule is CCC(C)NC(=O)C(Cc1ccccc1)N(Cc1cccc(Cl)c1)C(=O)CCCN(c1ccc(C)cc1)S(C)(=O)=O. The molecule has 2 unspecified atom stereocenters. The summed E-state index contributed by atoms with van der Waals surface area (Å²) >= 11 is 6.25. The molecular weight excluding hydrogens is 558 g/mol. The maximum Gasteiger partial charge on any atom is 0.243 e. The van der Waals surface area contributed by atoms with E-state index < -0.39 is 16.1 Å². The fourth-order valence-electron chi connectivity index (χ4n) is 4.54. The monoisotopic (exact) mass is 597 g/mol. The fourth-order valence-corrected chi connectivity index (χ4v) is 5.72. The highest BCUT2D eigenvalue weighted by atomic mass is 35.5. The van der Waals surface area contributed by atoms with Gasteiger partial charge in [-0.2, -0.15) is 0 Å². The lowest BCUT2D eigenvalue weighted by Crippen LogP contribution is -2.52. The molecule has 0 aliphatic rings. The third kappa shape index (κ3) is 9.90. The van der Waals surface area contributed by atoms with E-state index in [1.54, 1.807) is 29.2 Å². The Morgan fingerprint density at radius 2 is 1.61 bits per heavy atom. The molecule has 0 fully saturated rings. The van der Waals surface area contributed by atoms with Crippen molar-refractivity contribution in [2.45, 2.75) is 65.1 Å². The van der Waals surface area contributed by atoms with Crippen molar-refractivity contribution < 1.29 is 18.0 Å². The summed E-state index contributed by atoms with van der Waals surface area (Å²) in [5.74, 6) is -0.460. The molecule has 0 aliphatic heterocycles. The zero-order valence-electron chi connectivity index (χ0n) is 24.2. The average Bonchev–Trinajstić information content (AvgIpc) is 2.93. The molecule has 3 rings (SSSR count). The van der Waals surface area contributed by atoms with Crippen molar-refractivity contribution in [3.05, 3.63) is 101 Å². The van der Waals surface area contributed by atoms with E-state index in [-0.39, 0.29) is 43.8 Å². The number of benzene rings is 3. The van der Waals surface area contributed by atoms with Crippen LogP contribution < -0.4 is 9.62 Å².